The molecule has 2 unspecified atom stereocenters. The monoisotopic (exact) mass is 199 g/mol. The van der Waals surface area contributed by atoms with Crippen molar-refractivity contribution in [1.82, 2.24) is 4.90 Å². The van der Waals surface area contributed by atoms with Crippen LogP contribution in [0.15, 0.2) is 0 Å². The van der Waals surface area contributed by atoms with Crippen molar-refractivity contribution < 1.29 is 9.90 Å². The van der Waals surface area contributed by atoms with Crippen molar-refractivity contribution in [1.29, 1.82) is 0 Å². The predicted octanol–water partition coefficient (Wildman–Crippen LogP) is 1.06. The van der Waals surface area contributed by atoms with E-state index < -0.39 is 0 Å². The van der Waals surface area contributed by atoms with Crippen LogP contribution in [0.1, 0.15) is 33.1 Å². The SMILES string of the molecule is CCCC(=O)CN1CCC(O)C(C)C1. The summed E-state index contributed by atoms with van der Waals surface area (Å²) >= 11 is 0. The van der Waals surface area contributed by atoms with Gasteiger partial charge < -0.3 is 5.11 Å². The number of hydrogen-bond acceptors (Lipinski definition) is 3. The lowest BCUT2D eigenvalue weighted by Gasteiger charge is -2.33. The Kier molecular flexibility index (Phi) is 4.55. The second kappa shape index (κ2) is 5.47. The largest absolute Gasteiger partial charge is 0.393 e. The number of ketones is 1. The summed E-state index contributed by atoms with van der Waals surface area (Å²) in [6.45, 7) is 6.37. The zero-order chi connectivity index (χ0) is 10.6. The third kappa shape index (κ3) is 3.39. The lowest BCUT2D eigenvalue weighted by molar-refractivity contribution is -0.121. The fourth-order valence-corrected chi connectivity index (χ4v) is 1.97. The van der Waals surface area contributed by atoms with Crippen LogP contribution in [-0.4, -0.2) is 41.5 Å². The summed E-state index contributed by atoms with van der Waals surface area (Å²) < 4.78 is 0. The van der Waals surface area contributed by atoms with Crippen LogP contribution in [0.25, 0.3) is 0 Å². The van der Waals surface area contributed by atoms with E-state index in [0.717, 1.165) is 25.9 Å². The predicted molar refractivity (Wildman–Crippen MR) is 56.1 cm³/mol. The second-order valence-corrected chi connectivity index (χ2v) is 4.36. The first-order valence-corrected chi connectivity index (χ1v) is 5.55. The van der Waals surface area contributed by atoms with E-state index in [9.17, 15) is 9.90 Å². The molecule has 0 aromatic rings. The minimum absolute atomic E-state index is 0.174. The van der Waals surface area contributed by atoms with E-state index in [2.05, 4.69) is 4.90 Å². The van der Waals surface area contributed by atoms with Gasteiger partial charge in [0.1, 0.15) is 5.78 Å². The van der Waals surface area contributed by atoms with Gasteiger partial charge in [-0.05, 0) is 18.8 Å². The van der Waals surface area contributed by atoms with Crippen LogP contribution < -0.4 is 0 Å². The summed E-state index contributed by atoms with van der Waals surface area (Å²) in [4.78, 5) is 13.6. The smallest absolute Gasteiger partial charge is 0.146 e. The van der Waals surface area contributed by atoms with Gasteiger partial charge in [-0.25, -0.2) is 0 Å². The van der Waals surface area contributed by atoms with E-state index in [-0.39, 0.29) is 6.10 Å². The van der Waals surface area contributed by atoms with Gasteiger partial charge >= 0.3 is 0 Å². The molecule has 1 heterocycles. The Morgan fingerprint density at radius 3 is 2.86 bits per heavy atom. The maximum atomic E-state index is 11.4. The highest BCUT2D eigenvalue weighted by molar-refractivity contribution is 5.80. The average Bonchev–Trinajstić information content (AvgIpc) is 2.12. The fraction of sp³-hybridized carbons (Fsp3) is 0.909. The van der Waals surface area contributed by atoms with E-state index in [4.69, 9.17) is 0 Å². The highest BCUT2D eigenvalue weighted by Gasteiger charge is 2.24. The molecule has 0 radical (unpaired) electrons. The van der Waals surface area contributed by atoms with Gasteiger partial charge in [0, 0.05) is 19.5 Å². The number of nitrogens with zero attached hydrogens (tertiary/aromatic N) is 1. The molecule has 0 bridgehead atoms. The van der Waals surface area contributed by atoms with Gasteiger partial charge in [0.15, 0.2) is 0 Å². The van der Waals surface area contributed by atoms with Crippen LogP contribution in [0.4, 0.5) is 0 Å². The molecule has 0 aliphatic carbocycles. The molecule has 0 saturated carbocycles. The molecule has 1 fully saturated rings. The Hall–Kier alpha value is -0.410. The summed E-state index contributed by atoms with van der Waals surface area (Å²) in [5.41, 5.74) is 0. The third-order valence-corrected chi connectivity index (χ3v) is 2.87. The summed E-state index contributed by atoms with van der Waals surface area (Å²) in [5, 5.41) is 9.52. The van der Waals surface area contributed by atoms with Crippen molar-refractivity contribution in [2.45, 2.75) is 39.2 Å². The van der Waals surface area contributed by atoms with Gasteiger partial charge in [-0.2, -0.15) is 0 Å². The Bertz CT molecular complexity index is 194. The van der Waals surface area contributed by atoms with Gasteiger partial charge in [-0.15, -0.1) is 0 Å². The molecular formula is C11H21NO2. The van der Waals surface area contributed by atoms with Crippen LogP contribution in [0.3, 0.4) is 0 Å². The third-order valence-electron chi connectivity index (χ3n) is 2.87. The van der Waals surface area contributed by atoms with Crippen molar-refractivity contribution in [3.63, 3.8) is 0 Å². The van der Waals surface area contributed by atoms with Crippen molar-refractivity contribution in [3.05, 3.63) is 0 Å². The van der Waals surface area contributed by atoms with Gasteiger partial charge in [0.05, 0.1) is 12.6 Å². The Morgan fingerprint density at radius 1 is 1.57 bits per heavy atom. The van der Waals surface area contributed by atoms with Crippen LogP contribution in [0.5, 0.6) is 0 Å². The highest BCUT2D eigenvalue weighted by atomic mass is 16.3. The number of aliphatic hydroxyl groups is 1. The minimum atomic E-state index is -0.174. The second-order valence-electron chi connectivity index (χ2n) is 4.36. The fourth-order valence-electron chi connectivity index (χ4n) is 1.97. The van der Waals surface area contributed by atoms with Crippen molar-refractivity contribution in [2.24, 2.45) is 5.92 Å². The normalized spacial score (nSPS) is 29.1. The van der Waals surface area contributed by atoms with Crippen LogP contribution in [-0.2, 0) is 4.79 Å². The molecule has 1 N–H and O–H groups in total. The molecule has 1 aliphatic rings. The zero-order valence-corrected chi connectivity index (χ0v) is 9.20. The first-order chi connectivity index (χ1) is 6.63. The van der Waals surface area contributed by atoms with Crippen molar-refractivity contribution >= 4 is 5.78 Å². The molecule has 1 aliphatic heterocycles. The number of hydrogen-bond donors (Lipinski definition) is 1. The molecule has 2 atom stereocenters. The maximum Gasteiger partial charge on any atom is 0.146 e. The van der Waals surface area contributed by atoms with E-state index in [0.29, 0.717) is 24.7 Å². The standard InChI is InChI=1S/C11H21NO2/c1-3-4-10(13)8-12-6-5-11(14)9(2)7-12/h9,11,14H,3-8H2,1-2H3. The molecule has 3 nitrogen and oxygen atoms in total. The lowest BCUT2D eigenvalue weighted by atomic mass is 9.96. The van der Waals surface area contributed by atoms with Crippen molar-refractivity contribution in [2.75, 3.05) is 19.6 Å². The van der Waals surface area contributed by atoms with E-state index in [1.807, 2.05) is 13.8 Å². The van der Waals surface area contributed by atoms with Crippen LogP contribution in [0, 0.1) is 5.92 Å². The molecule has 1 rings (SSSR count). The molecule has 0 aromatic carbocycles. The zero-order valence-electron chi connectivity index (χ0n) is 9.20. The molecule has 0 amide bonds. The minimum Gasteiger partial charge on any atom is -0.393 e. The number of rotatable bonds is 4. The summed E-state index contributed by atoms with van der Waals surface area (Å²) in [7, 11) is 0. The molecule has 3 heteroatoms. The summed E-state index contributed by atoms with van der Waals surface area (Å²) in [6.07, 6.45) is 2.26. The number of Topliss-reactive ketones (excluding diaryl/α,β-unsaturated/α-hetero) is 1. The Balaban J connectivity index is 2.29. The summed E-state index contributed by atoms with van der Waals surface area (Å²) in [5.74, 6) is 0.634. The first-order valence-electron chi connectivity index (χ1n) is 5.55. The van der Waals surface area contributed by atoms with Gasteiger partial charge in [0.25, 0.3) is 0 Å². The quantitative estimate of drug-likeness (QED) is 0.736. The van der Waals surface area contributed by atoms with Crippen LogP contribution >= 0.6 is 0 Å². The number of carbonyl (C=O) groups excluding carboxylic acids is 1. The van der Waals surface area contributed by atoms with Gasteiger partial charge in [-0.1, -0.05) is 13.8 Å². The molecule has 0 aromatic heterocycles. The molecule has 1 saturated heterocycles. The first kappa shape index (κ1) is 11.7. The molecule has 82 valence electrons. The molecular weight excluding hydrogens is 178 g/mol. The highest BCUT2D eigenvalue weighted by Crippen LogP contribution is 2.16. The van der Waals surface area contributed by atoms with E-state index in [1.54, 1.807) is 0 Å². The number of piperidine rings is 1. The molecule has 0 spiro atoms. The topological polar surface area (TPSA) is 40.5 Å². The Morgan fingerprint density at radius 2 is 2.29 bits per heavy atom. The van der Waals surface area contributed by atoms with Gasteiger partial charge in [-0.3, -0.25) is 9.69 Å². The lowest BCUT2D eigenvalue weighted by Crippen LogP contribution is -2.43. The Labute approximate surface area is 86.1 Å². The number of aliphatic hydroxyl groups excluding tert-OH is 1. The van der Waals surface area contributed by atoms with Crippen LogP contribution in [0.2, 0.25) is 0 Å². The maximum absolute atomic E-state index is 11.4. The van der Waals surface area contributed by atoms with E-state index in [1.165, 1.54) is 0 Å². The number of carbonyl (C=O) groups is 1. The van der Waals surface area contributed by atoms with E-state index >= 15 is 0 Å². The average molecular weight is 199 g/mol. The van der Waals surface area contributed by atoms with Gasteiger partial charge in [0.2, 0.25) is 0 Å². The van der Waals surface area contributed by atoms with Crippen molar-refractivity contribution in [3.8, 4) is 0 Å². The number of likely N-dealkylation sites (tertiary alicyclic amines) is 1. The molecule has 14 heavy (non-hydrogen) atoms. The summed E-state index contributed by atoms with van der Waals surface area (Å²) in [6, 6.07) is 0.